The quantitative estimate of drug-likeness (QED) is 0.445. The van der Waals surface area contributed by atoms with E-state index >= 15 is 0 Å². The highest BCUT2D eigenvalue weighted by atomic mass is 19.1. The Hall–Kier alpha value is -3.60. The van der Waals surface area contributed by atoms with Crippen LogP contribution in [0.5, 0.6) is 5.75 Å². The van der Waals surface area contributed by atoms with Crippen LogP contribution in [0.3, 0.4) is 0 Å². The lowest BCUT2D eigenvalue weighted by molar-refractivity contribution is 0.386. The summed E-state index contributed by atoms with van der Waals surface area (Å²) in [4.78, 5) is 23.2. The van der Waals surface area contributed by atoms with Crippen LogP contribution in [-0.4, -0.2) is 50.7 Å². The predicted octanol–water partition coefficient (Wildman–Crippen LogP) is 2.67. The van der Waals surface area contributed by atoms with E-state index in [9.17, 15) is 4.39 Å². The van der Waals surface area contributed by atoms with Gasteiger partial charge in [-0.3, -0.25) is 0 Å². The van der Waals surface area contributed by atoms with Crippen LogP contribution in [0.15, 0.2) is 36.8 Å². The van der Waals surface area contributed by atoms with Gasteiger partial charge in [0.2, 0.25) is 17.8 Å². The van der Waals surface area contributed by atoms with Gasteiger partial charge in [-0.05, 0) is 44.0 Å². The fraction of sp³-hybridized carbons (Fsp3) is 0.409. The van der Waals surface area contributed by atoms with E-state index in [1.807, 2.05) is 0 Å². The molecule has 1 aromatic carbocycles. The summed E-state index contributed by atoms with van der Waals surface area (Å²) in [5.74, 6) is 0.370. The minimum atomic E-state index is -0.499. The molecule has 0 aliphatic carbocycles. The van der Waals surface area contributed by atoms with Gasteiger partial charge in [-0.1, -0.05) is 6.92 Å². The number of nitrogens with zero attached hydrogens (tertiary/aromatic N) is 6. The molecule has 1 saturated heterocycles. The Kier molecular flexibility index (Phi) is 7.08. The number of hydrogen-bond acceptors (Lipinski definition) is 10. The first-order valence-electron chi connectivity index (χ1n) is 10.9. The molecule has 10 nitrogen and oxygen atoms in total. The average molecular weight is 454 g/mol. The Balaban J connectivity index is 1.69. The van der Waals surface area contributed by atoms with Crippen LogP contribution in [0.25, 0.3) is 0 Å². The van der Waals surface area contributed by atoms with E-state index in [2.05, 4.69) is 42.5 Å². The van der Waals surface area contributed by atoms with Gasteiger partial charge in [0, 0.05) is 30.0 Å². The number of nitrogen functional groups attached to an aromatic ring is 1. The third-order valence-electron chi connectivity index (χ3n) is 5.63. The van der Waals surface area contributed by atoms with Crippen molar-refractivity contribution in [3.05, 3.63) is 48.3 Å². The minimum Gasteiger partial charge on any atom is -0.494 e. The second kappa shape index (κ2) is 10.3. The van der Waals surface area contributed by atoms with Crippen LogP contribution in [0.4, 0.5) is 27.9 Å². The fourth-order valence-electron chi connectivity index (χ4n) is 3.95. The van der Waals surface area contributed by atoms with Crippen molar-refractivity contribution in [2.75, 3.05) is 29.6 Å². The van der Waals surface area contributed by atoms with Gasteiger partial charge in [0.25, 0.3) is 0 Å². The Morgan fingerprint density at radius 3 is 2.85 bits per heavy atom. The van der Waals surface area contributed by atoms with Gasteiger partial charge >= 0.3 is 0 Å². The van der Waals surface area contributed by atoms with Gasteiger partial charge in [0.05, 0.1) is 19.3 Å². The van der Waals surface area contributed by atoms with Crippen molar-refractivity contribution in [2.45, 2.75) is 44.8 Å². The summed E-state index contributed by atoms with van der Waals surface area (Å²) in [6.07, 6.45) is 6.22. The van der Waals surface area contributed by atoms with Crippen LogP contribution in [0.2, 0.25) is 0 Å². The number of aromatic nitrogens is 5. The summed E-state index contributed by atoms with van der Waals surface area (Å²) in [5.41, 5.74) is 7.28. The lowest BCUT2D eigenvalue weighted by atomic mass is 10.0. The normalized spacial score (nSPS) is 16.4. The third kappa shape index (κ3) is 5.43. The highest BCUT2D eigenvalue weighted by Crippen LogP contribution is 2.29. The summed E-state index contributed by atoms with van der Waals surface area (Å²) in [5, 5.41) is 6.91. The molecular weight excluding hydrogens is 425 g/mol. The zero-order valence-corrected chi connectivity index (χ0v) is 18.7. The average Bonchev–Trinajstić information content (AvgIpc) is 3.36. The molecule has 2 atom stereocenters. The Morgan fingerprint density at radius 1 is 1.30 bits per heavy atom. The maximum atomic E-state index is 14.5. The largest absolute Gasteiger partial charge is 0.494 e. The predicted molar refractivity (Wildman–Crippen MR) is 124 cm³/mol. The molecule has 0 spiro atoms. The first-order valence-corrected chi connectivity index (χ1v) is 10.9. The smallest absolute Gasteiger partial charge is 0.236 e. The number of benzene rings is 1. The van der Waals surface area contributed by atoms with Gasteiger partial charge in [-0.25, -0.2) is 14.4 Å². The van der Waals surface area contributed by atoms with E-state index in [0.29, 0.717) is 23.4 Å². The molecule has 2 aromatic heterocycles. The zero-order chi connectivity index (χ0) is 23.2. The summed E-state index contributed by atoms with van der Waals surface area (Å²) >= 11 is 0. The molecule has 1 aliphatic heterocycles. The van der Waals surface area contributed by atoms with Crippen LogP contribution in [-0.2, 0) is 6.54 Å². The van der Waals surface area contributed by atoms with Crippen LogP contribution < -0.4 is 26.0 Å². The van der Waals surface area contributed by atoms with E-state index in [4.69, 9.17) is 10.5 Å². The summed E-state index contributed by atoms with van der Waals surface area (Å²) in [6.45, 7) is 3.40. The van der Waals surface area contributed by atoms with Crippen molar-refractivity contribution in [1.29, 1.82) is 0 Å². The van der Waals surface area contributed by atoms with Crippen LogP contribution in [0, 0.1) is 5.82 Å². The van der Waals surface area contributed by atoms with Gasteiger partial charge in [0.1, 0.15) is 6.33 Å². The maximum absolute atomic E-state index is 14.5. The first-order chi connectivity index (χ1) is 16.1. The molecule has 3 aromatic rings. The summed E-state index contributed by atoms with van der Waals surface area (Å²) < 4.78 is 19.6. The van der Waals surface area contributed by atoms with Crippen LogP contribution in [0.1, 0.15) is 31.9 Å². The van der Waals surface area contributed by atoms with E-state index in [1.54, 1.807) is 29.3 Å². The molecule has 4 N–H and O–H groups in total. The topological polar surface area (TPSA) is 127 Å². The fourth-order valence-corrected chi connectivity index (χ4v) is 3.95. The number of anilines is 4. The maximum Gasteiger partial charge on any atom is 0.236 e. The SMILES string of the molecule is CCC(Nc1nc(N)nc(N(Cc2ccncn2)c2ccc(OC)c(F)c2)n1)C1CCCN1. The molecular formula is C22H28FN9O. The van der Waals surface area contributed by atoms with Crippen molar-refractivity contribution in [2.24, 2.45) is 0 Å². The zero-order valence-electron chi connectivity index (χ0n) is 18.7. The highest BCUT2D eigenvalue weighted by Gasteiger charge is 2.25. The molecule has 33 heavy (non-hydrogen) atoms. The second-order valence-corrected chi connectivity index (χ2v) is 7.78. The van der Waals surface area contributed by atoms with E-state index in [1.165, 1.54) is 19.5 Å². The van der Waals surface area contributed by atoms with Gasteiger partial charge in [-0.2, -0.15) is 15.0 Å². The molecule has 0 saturated carbocycles. The lowest BCUT2D eigenvalue weighted by Gasteiger charge is -2.26. The van der Waals surface area contributed by atoms with Gasteiger partial charge in [0.15, 0.2) is 11.6 Å². The number of rotatable bonds is 9. The number of methoxy groups -OCH3 is 1. The van der Waals surface area contributed by atoms with E-state index in [-0.39, 0.29) is 30.2 Å². The van der Waals surface area contributed by atoms with Crippen molar-refractivity contribution in [1.82, 2.24) is 30.2 Å². The minimum absolute atomic E-state index is 0.0680. The summed E-state index contributed by atoms with van der Waals surface area (Å²) in [7, 11) is 1.42. The standard InChI is InChI=1S/C22H28FN9O/c1-3-17(18-5-4-9-26-18)28-21-29-20(24)30-22(31-21)32(12-14-8-10-25-13-27-14)15-6-7-19(33-2)16(23)11-15/h6-8,10-11,13,17-18,26H,3-5,9,12H2,1-2H3,(H3,24,28,29,30,31). The van der Waals surface area contributed by atoms with Gasteiger partial charge in [-0.15, -0.1) is 0 Å². The van der Waals surface area contributed by atoms with Crippen molar-refractivity contribution in [3.8, 4) is 5.75 Å². The monoisotopic (exact) mass is 453 g/mol. The molecule has 0 bridgehead atoms. The molecule has 0 amide bonds. The third-order valence-corrected chi connectivity index (χ3v) is 5.63. The first kappa shape index (κ1) is 22.6. The lowest BCUT2D eigenvalue weighted by Crippen LogP contribution is -2.40. The van der Waals surface area contributed by atoms with E-state index < -0.39 is 5.82 Å². The number of nitrogens with one attached hydrogen (secondary N) is 2. The Labute approximate surface area is 191 Å². The number of halogens is 1. The van der Waals surface area contributed by atoms with Gasteiger partial charge < -0.3 is 26.0 Å². The highest BCUT2D eigenvalue weighted by molar-refractivity contribution is 5.60. The Bertz CT molecular complexity index is 1060. The van der Waals surface area contributed by atoms with Crippen molar-refractivity contribution >= 4 is 23.5 Å². The van der Waals surface area contributed by atoms with E-state index in [0.717, 1.165) is 25.8 Å². The molecule has 174 valence electrons. The van der Waals surface area contributed by atoms with Crippen molar-refractivity contribution in [3.63, 3.8) is 0 Å². The van der Waals surface area contributed by atoms with Crippen molar-refractivity contribution < 1.29 is 9.13 Å². The molecule has 1 fully saturated rings. The van der Waals surface area contributed by atoms with Crippen LogP contribution >= 0.6 is 0 Å². The number of hydrogen-bond donors (Lipinski definition) is 3. The Morgan fingerprint density at radius 2 is 2.18 bits per heavy atom. The summed E-state index contributed by atoms with van der Waals surface area (Å²) in [6, 6.07) is 6.91. The molecule has 2 unspecified atom stereocenters. The number of ether oxygens (including phenoxy) is 1. The number of nitrogens with two attached hydrogens (primary N) is 1. The molecule has 1 aliphatic rings. The molecule has 0 radical (unpaired) electrons. The second-order valence-electron chi connectivity index (χ2n) is 7.78. The molecule has 4 rings (SSSR count). The molecule has 11 heteroatoms. The molecule has 3 heterocycles.